The Hall–Kier alpha value is -4.09. The van der Waals surface area contributed by atoms with Gasteiger partial charge < -0.3 is 4.98 Å². The van der Waals surface area contributed by atoms with Gasteiger partial charge in [-0.15, -0.1) is 0 Å². The molecular weight excluding hydrogens is 484 g/mol. The van der Waals surface area contributed by atoms with Gasteiger partial charge in [-0.2, -0.15) is 0 Å². The van der Waals surface area contributed by atoms with Crippen LogP contribution in [-0.4, -0.2) is 42.4 Å². The highest BCUT2D eigenvalue weighted by molar-refractivity contribution is 8.18. The third-order valence-electron chi connectivity index (χ3n) is 4.72. The number of aromatic nitrogens is 4. The minimum absolute atomic E-state index is 0.208. The van der Waals surface area contributed by atoms with Crippen molar-refractivity contribution in [2.24, 2.45) is 9.98 Å². The first-order valence-electron chi connectivity index (χ1n) is 10.4. The summed E-state index contributed by atoms with van der Waals surface area (Å²) in [5.41, 5.74) is 0.802. The van der Waals surface area contributed by atoms with Crippen LogP contribution in [0, 0.1) is 0 Å². The molecule has 9 nitrogen and oxygen atoms in total. The summed E-state index contributed by atoms with van der Waals surface area (Å²) in [6.07, 6.45) is 3.20. The number of hydrogen-bond donors (Lipinski definition) is 1. The number of fused-ring (bicyclic) bond motifs is 1. The minimum Gasteiger partial charge on any atom is -0.301 e. The Bertz CT molecular complexity index is 1570. The Kier molecular flexibility index (Phi) is 6.51. The number of nitrogens with one attached hydrogen (secondary N) is 1. The molecule has 1 aliphatic rings. The van der Waals surface area contributed by atoms with Crippen molar-refractivity contribution in [1.29, 1.82) is 0 Å². The van der Waals surface area contributed by atoms with Gasteiger partial charge in [0.1, 0.15) is 4.58 Å². The lowest BCUT2D eigenvalue weighted by atomic mass is 10.2. The number of aliphatic imine (C=N–C) groups is 2. The standard InChI is InChI=1S/C24H16N6O3S2/c31-19-11-17(25-13-15-7-3-1-4-8-15)27-23(29-19)34-22-21(33)30-20(32)12-18(28-24(30)35-22)26-14-16-9-5-2-6-10-16/h1-14,22H,(H,27,29,31). The molecule has 172 valence electrons. The van der Waals surface area contributed by atoms with E-state index in [0.717, 1.165) is 39.2 Å². The van der Waals surface area contributed by atoms with Crippen LogP contribution in [0.5, 0.6) is 0 Å². The first kappa shape index (κ1) is 22.7. The molecule has 4 aromatic rings. The van der Waals surface area contributed by atoms with E-state index in [0.29, 0.717) is 0 Å². The van der Waals surface area contributed by atoms with Crippen LogP contribution in [0.2, 0.25) is 0 Å². The van der Waals surface area contributed by atoms with E-state index in [1.165, 1.54) is 12.1 Å². The van der Waals surface area contributed by atoms with Crippen LogP contribution in [0.1, 0.15) is 15.9 Å². The molecule has 1 unspecified atom stereocenters. The Balaban J connectivity index is 1.35. The second-order valence-corrected chi connectivity index (χ2v) is 9.69. The third-order valence-corrected chi connectivity index (χ3v) is 7.03. The van der Waals surface area contributed by atoms with Crippen molar-refractivity contribution < 1.29 is 4.79 Å². The summed E-state index contributed by atoms with van der Waals surface area (Å²) in [6, 6.07) is 21.3. The van der Waals surface area contributed by atoms with Crippen LogP contribution in [0.25, 0.3) is 0 Å². The summed E-state index contributed by atoms with van der Waals surface area (Å²) in [5, 5.41) is 0.451. The predicted molar refractivity (Wildman–Crippen MR) is 137 cm³/mol. The Morgan fingerprint density at radius 1 is 0.857 bits per heavy atom. The largest absolute Gasteiger partial charge is 0.301 e. The molecule has 0 saturated carbocycles. The Morgan fingerprint density at radius 3 is 2.09 bits per heavy atom. The molecule has 1 aliphatic heterocycles. The van der Waals surface area contributed by atoms with Gasteiger partial charge in [0.05, 0.1) is 0 Å². The smallest absolute Gasteiger partial charge is 0.263 e. The third kappa shape index (κ3) is 5.36. The van der Waals surface area contributed by atoms with Gasteiger partial charge in [-0.05, 0) is 11.1 Å². The molecule has 1 atom stereocenters. The topological polar surface area (TPSA) is 122 Å². The summed E-state index contributed by atoms with van der Waals surface area (Å²) >= 11 is 2.13. The van der Waals surface area contributed by atoms with E-state index in [1.807, 2.05) is 60.7 Å². The highest BCUT2D eigenvalue weighted by atomic mass is 32.2. The van der Waals surface area contributed by atoms with Crippen molar-refractivity contribution in [2.45, 2.75) is 14.9 Å². The SMILES string of the molecule is O=C1C(Sc2nc(N=Cc3ccccc3)cc(=O)[nH]2)Sc2nc(N=Cc3ccccc3)cc(=O)n21. The number of thioether (sulfide) groups is 2. The molecule has 2 aromatic carbocycles. The maximum absolute atomic E-state index is 12.9. The first-order chi connectivity index (χ1) is 17.0. The molecule has 0 aliphatic carbocycles. The number of rotatable bonds is 6. The van der Waals surface area contributed by atoms with Crippen molar-refractivity contribution in [3.05, 3.63) is 105 Å². The lowest BCUT2D eigenvalue weighted by molar-refractivity contribution is 0.0925. The quantitative estimate of drug-likeness (QED) is 0.316. The monoisotopic (exact) mass is 500 g/mol. The molecule has 5 rings (SSSR count). The van der Waals surface area contributed by atoms with E-state index in [1.54, 1.807) is 12.4 Å². The molecule has 0 bridgehead atoms. The fraction of sp³-hybridized carbons (Fsp3) is 0.0417. The number of H-pyrrole nitrogens is 1. The number of aromatic amines is 1. The second-order valence-electron chi connectivity index (χ2n) is 7.22. The van der Waals surface area contributed by atoms with Gasteiger partial charge in [-0.25, -0.2) is 24.5 Å². The van der Waals surface area contributed by atoms with E-state index in [2.05, 4.69) is 24.9 Å². The zero-order valence-corrected chi connectivity index (χ0v) is 19.6. The van der Waals surface area contributed by atoms with Crippen LogP contribution in [-0.2, 0) is 0 Å². The maximum atomic E-state index is 12.9. The molecule has 1 N–H and O–H groups in total. The highest BCUT2D eigenvalue weighted by Crippen LogP contribution is 2.39. The molecule has 3 heterocycles. The van der Waals surface area contributed by atoms with Crippen LogP contribution in [0.3, 0.4) is 0 Å². The number of carbonyl (C=O) groups is 1. The molecule has 2 aromatic heterocycles. The Labute approximate surface area is 207 Å². The highest BCUT2D eigenvalue weighted by Gasteiger charge is 2.35. The molecule has 0 saturated heterocycles. The van der Waals surface area contributed by atoms with E-state index < -0.39 is 21.6 Å². The first-order valence-corrected chi connectivity index (χ1v) is 12.1. The van der Waals surface area contributed by atoms with Crippen molar-refractivity contribution in [3.63, 3.8) is 0 Å². The van der Waals surface area contributed by atoms with E-state index in [9.17, 15) is 14.4 Å². The second kappa shape index (κ2) is 10.0. The molecule has 0 radical (unpaired) electrons. The summed E-state index contributed by atoms with van der Waals surface area (Å²) in [4.78, 5) is 57.4. The molecule has 0 spiro atoms. The Morgan fingerprint density at radius 2 is 1.46 bits per heavy atom. The van der Waals surface area contributed by atoms with Crippen molar-refractivity contribution in [2.75, 3.05) is 0 Å². The van der Waals surface area contributed by atoms with Crippen LogP contribution < -0.4 is 11.1 Å². The zero-order chi connectivity index (χ0) is 24.2. The summed E-state index contributed by atoms with van der Waals surface area (Å²) in [6.45, 7) is 0. The van der Waals surface area contributed by atoms with Crippen LogP contribution in [0.15, 0.2) is 103 Å². The van der Waals surface area contributed by atoms with Gasteiger partial charge in [0.25, 0.3) is 17.0 Å². The molecule has 0 fully saturated rings. The van der Waals surface area contributed by atoms with Gasteiger partial charge in [0.15, 0.2) is 21.9 Å². The van der Waals surface area contributed by atoms with Gasteiger partial charge in [-0.1, -0.05) is 84.2 Å². The van der Waals surface area contributed by atoms with Crippen molar-refractivity contribution in [1.82, 2.24) is 19.5 Å². The average Bonchev–Trinajstić information content (AvgIpc) is 3.17. The molecule has 35 heavy (non-hydrogen) atoms. The maximum Gasteiger partial charge on any atom is 0.263 e. The number of nitrogens with zero attached hydrogens (tertiary/aromatic N) is 5. The van der Waals surface area contributed by atoms with E-state index in [-0.39, 0.29) is 21.9 Å². The minimum atomic E-state index is -0.750. The molecule has 0 amide bonds. The number of hydrogen-bond acceptors (Lipinski definition) is 9. The zero-order valence-electron chi connectivity index (χ0n) is 17.9. The molecule has 11 heteroatoms. The van der Waals surface area contributed by atoms with E-state index in [4.69, 9.17) is 0 Å². The van der Waals surface area contributed by atoms with Gasteiger partial charge in [-0.3, -0.25) is 14.4 Å². The average molecular weight is 501 g/mol. The van der Waals surface area contributed by atoms with Crippen molar-refractivity contribution in [3.8, 4) is 0 Å². The van der Waals surface area contributed by atoms with Gasteiger partial charge in [0.2, 0.25) is 0 Å². The lowest BCUT2D eigenvalue weighted by Crippen LogP contribution is -2.27. The summed E-state index contributed by atoms with van der Waals surface area (Å²) in [7, 11) is 0. The fourth-order valence-electron chi connectivity index (χ4n) is 3.13. The number of benzene rings is 2. The van der Waals surface area contributed by atoms with Gasteiger partial charge in [0, 0.05) is 24.6 Å². The summed E-state index contributed by atoms with van der Waals surface area (Å²) < 4.78 is 0.263. The van der Waals surface area contributed by atoms with E-state index >= 15 is 0 Å². The van der Waals surface area contributed by atoms with Crippen LogP contribution >= 0.6 is 23.5 Å². The van der Waals surface area contributed by atoms with Gasteiger partial charge >= 0.3 is 0 Å². The number of carbonyl (C=O) groups excluding carboxylic acids is 1. The predicted octanol–water partition coefficient (Wildman–Crippen LogP) is 3.69. The van der Waals surface area contributed by atoms with Crippen LogP contribution in [0.4, 0.5) is 11.6 Å². The van der Waals surface area contributed by atoms with Crippen molar-refractivity contribution >= 4 is 53.5 Å². The summed E-state index contributed by atoms with van der Waals surface area (Å²) in [5.74, 6) is -0.0346. The lowest BCUT2D eigenvalue weighted by Gasteiger charge is -2.05. The normalized spacial score (nSPS) is 15.2. The molecular formula is C24H16N6O3S2. The fourth-order valence-corrected chi connectivity index (χ4v) is 5.40.